The second-order valence-electron chi connectivity index (χ2n) is 6.92. The van der Waals surface area contributed by atoms with E-state index in [0.717, 1.165) is 42.2 Å². The monoisotopic (exact) mass is 490 g/mol. The number of aliphatic hydroxyl groups excluding tert-OH is 1. The Morgan fingerprint density at radius 3 is 2.57 bits per heavy atom. The van der Waals surface area contributed by atoms with Crippen LogP contribution in [-0.4, -0.2) is 40.3 Å². The van der Waals surface area contributed by atoms with Crippen molar-refractivity contribution in [1.82, 2.24) is 15.2 Å². The molecule has 0 spiro atoms. The number of hydrogen-bond acceptors (Lipinski definition) is 4. The SMILES string of the molecule is CCCC(O)N(Cc1c(-c2ccccc2)[nH]c2ccccc12)C1=NCCN1.I. The van der Waals surface area contributed by atoms with Gasteiger partial charge in [-0.3, -0.25) is 4.99 Å². The van der Waals surface area contributed by atoms with E-state index in [-0.39, 0.29) is 24.0 Å². The van der Waals surface area contributed by atoms with Gasteiger partial charge in [-0.2, -0.15) is 0 Å². The zero-order valence-corrected chi connectivity index (χ0v) is 18.4. The van der Waals surface area contributed by atoms with E-state index in [0.29, 0.717) is 13.0 Å². The molecule has 0 fully saturated rings. The predicted octanol–water partition coefficient (Wildman–Crippen LogP) is 4.33. The number of guanidine groups is 1. The molecule has 1 atom stereocenters. The molecule has 0 saturated heterocycles. The summed E-state index contributed by atoms with van der Waals surface area (Å²) in [6.45, 7) is 4.27. The van der Waals surface area contributed by atoms with Gasteiger partial charge in [0.2, 0.25) is 0 Å². The van der Waals surface area contributed by atoms with Gasteiger partial charge in [0.1, 0.15) is 6.23 Å². The van der Waals surface area contributed by atoms with Gasteiger partial charge in [0.15, 0.2) is 5.96 Å². The topological polar surface area (TPSA) is 63.6 Å². The molecule has 3 aromatic rings. The van der Waals surface area contributed by atoms with Gasteiger partial charge in [0, 0.05) is 23.0 Å². The van der Waals surface area contributed by atoms with Gasteiger partial charge in [-0.1, -0.05) is 61.9 Å². The molecule has 0 amide bonds. The van der Waals surface area contributed by atoms with Crippen LogP contribution in [0.4, 0.5) is 0 Å². The summed E-state index contributed by atoms with van der Waals surface area (Å²) >= 11 is 0. The van der Waals surface area contributed by atoms with Crippen LogP contribution in [0.25, 0.3) is 22.2 Å². The molecule has 0 aliphatic carbocycles. The first-order valence-electron chi connectivity index (χ1n) is 9.66. The molecule has 6 heteroatoms. The Morgan fingerprint density at radius 2 is 1.86 bits per heavy atom. The molecule has 5 nitrogen and oxygen atoms in total. The Labute approximate surface area is 182 Å². The van der Waals surface area contributed by atoms with E-state index >= 15 is 0 Å². The zero-order valence-electron chi connectivity index (χ0n) is 16.1. The van der Waals surface area contributed by atoms with Gasteiger partial charge in [0.05, 0.1) is 18.8 Å². The maximum absolute atomic E-state index is 10.8. The van der Waals surface area contributed by atoms with Crippen molar-refractivity contribution in [3.63, 3.8) is 0 Å². The number of nitrogens with one attached hydrogen (secondary N) is 2. The number of benzene rings is 2. The number of aromatic nitrogens is 1. The lowest BCUT2D eigenvalue weighted by molar-refractivity contribution is 0.0390. The Balaban J connectivity index is 0.00000225. The van der Waals surface area contributed by atoms with Gasteiger partial charge < -0.3 is 20.3 Å². The van der Waals surface area contributed by atoms with Crippen LogP contribution in [0.1, 0.15) is 25.3 Å². The summed E-state index contributed by atoms with van der Waals surface area (Å²) in [4.78, 5) is 10.1. The third-order valence-electron chi connectivity index (χ3n) is 5.04. The zero-order chi connectivity index (χ0) is 18.6. The van der Waals surface area contributed by atoms with Crippen molar-refractivity contribution in [2.45, 2.75) is 32.5 Å². The van der Waals surface area contributed by atoms with Gasteiger partial charge in [-0.05, 0) is 18.1 Å². The second-order valence-corrected chi connectivity index (χ2v) is 6.92. The minimum absolute atomic E-state index is 0. The van der Waals surface area contributed by atoms with Gasteiger partial charge >= 0.3 is 0 Å². The number of nitrogens with zero attached hydrogens (tertiary/aromatic N) is 2. The predicted molar refractivity (Wildman–Crippen MR) is 126 cm³/mol. The van der Waals surface area contributed by atoms with Gasteiger partial charge in [-0.25, -0.2) is 0 Å². The molecule has 2 heterocycles. The molecule has 148 valence electrons. The van der Waals surface area contributed by atoms with E-state index in [2.05, 4.69) is 64.7 Å². The van der Waals surface area contributed by atoms with Crippen molar-refractivity contribution in [3.8, 4) is 11.3 Å². The lowest BCUT2D eigenvalue weighted by Crippen LogP contribution is -2.45. The van der Waals surface area contributed by atoms with Crippen LogP contribution in [0.15, 0.2) is 59.6 Å². The highest BCUT2D eigenvalue weighted by Crippen LogP contribution is 2.32. The van der Waals surface area contributed by atoms with E-state index in [1.165, 1.54) is 10.9 Å². The van der Waals surface area contributed by atoms with Crippen LogP contribution in [0.3, 0.4) is 0 Å². The number of aromatic amines is 1. The molecule has 3 N–H and O–H groups in total. The van der Waals surface area contributed by atoms with E-state index in [9.17, 15) is 5.11 Å². The Bertz CT molecular complexity index is 938. The third kappa shape index (κ3) is 4.17. The second kappa shape index (κ2) is 9.43. The average molecular weight is 490 g/mol. The number of para-hydroxylation sites is 1. The van der Waals surface area contributed by atoms with Crippen LogP contribution >= 0.6 is 24.0 Å². The highest BCUT2D eigenvalue weighted by atomic mass is 127. The quantitative estimate of drug-likeness (QED) is 0.356. The number of fused-ring (bicyclic) bond motifs is 1. The largest absolute Gasteiger partial charge is 0.374 e. The summed E-state index contributed by atoms with van der Waals surface area (Å²) in [5.74, 6) is 0.792. The minimum atomic E-state index is -0.559. The molecule has 2 aromatic carbocycles. The first-order chi connectivity index (χ1) is 13.3. The molecule has 0 saturated carbocycles. The first kappa shape index (κ1) is 20.7. The molecular formula is C22H27IN4O. The molecule has 28 heavy (non-hydrogen) atoms. The van der Waals surface area contributed by atoms with E-state index < -0.39 is 6.23 Å². The highest BCUT2D eigenvalue weighted by molar-refractivity contribution is 14.0. The maximum Gasteiger partial charge on any atom is 0.196 e. The van der Waals surface area contributed by atoms with Crippen molar-refractivity contribution in [1.29, 1.82) is 0 Å². The average Bonchev–Trinajstić information content (AvgIpc) is 3.35. The van der Waals surface area contributed by atoms with Crippen molar-refractivity contribution in [3.05, 3.63) is 60.2 Å². The summed E-state index contributed by atoms with van der Waals surface area (Å²) in [6, 6.07) is 18.7. The smallest absolute Gasteiger partial charge is 0.196 e. The molecule has 1 aromatic heterocycles. The lowest BCUT2D eigenvalue weighted by Gasteiger charge is -2.30. The summed E-state index contributed by atoms with van der Waals surface area (Å²) in [5.41, 5.74) is 4.54. The van der Waals surface area contributed by atoms with Crippen molar-refractivity contribution >= 4 is 40.8 Å². The number of rotatable bonds is 6. The highest BCUT2D eigenvalue weighted by Gasteiger charge is 2.24. The fraction of sp³-hybridized carbons (Fsp3) is 0.318. The molecule has 1 aliphatic heterocycles. The Hall–Kier alpha value is -2.06. The summed E-state index contributed by atoms with van der Waals surface area (Å²) in [6.07, 6.45) is 1.07. The fourth-order valence-corrected chi connectivity index (χ4v) is 3.70. The number of halogens is 1. The van der Waals surface area contributed by atoms with E-state index in [1.807, 2.05) is 17.0 Å². The van der Waals surface area contributed by atoms with Crippen molar-refractivity contribution in [2.75, 3.05) is 13.1 Å². The van der Waals surface area contributed by atoms with Gasteiger partial charge in [-0.15, -0.1) is 24.0 Å². The standard InChI is InChI=1S/C22H26N4O.HI/c1-2-8-20(27)26(22-23-13-14-24-22)15-18-17-11-6-7-12-19(17)25-21(18)16-9-4-3-5-10-16;/h3-7,9-12,20,25,27H,2,8,13-15H2,1H3,(H,23,24);1H. The summed E-state index contributed by atoms with van der Waals surface area (Å²) < 4.78 is 0. The summed E-state index contributed by atoms with van der Waals surface area (Å²) in [7, 11) is 0. The van der Waals surface area contributed by atoms with E-state index in [1.54, 1.807) is 0 Å². The molecular weight excluding hydrogens is 463 g/mol. The molecule has 4 rings (SSSR count). The van der Waals surface area contributed by atoms with Crippen LogP contribution < -0.4 is 5.32 Å². The number of hydrogen-bond donors (Lipinski definition) is 3. The van der Waals surface area contributed by atoms with Crippen LogP contribution in [0, 0.1) is 0 Å². The van der Waals surface area contributed by atoms with Crippen LogP contribution in [-0.2, 0) is 6.54 Å². The first-order valence-corrected chi connectivity index (χ1v) is 9.66. The normalized spacial score (nSPS) is 14.3. The summed E-state index contributed by atoms with van der Waals surface area (Å²) in [5, 5.41) is 15.3. The molecule has 0 bridgehead atoms. The lowest BCUT2D eigenvalue weighted by atomic mass is 10.0. The molecule has 1 unspecified atom stereocenters. The number of aliphatic imine (C=N–C) groups is 1. The Morgan fingerprint density at radius 1 is 1.11 bits per heavy atom. The molecule has 1 aliphatic rings. The maximum atomic E-state index is 10.8. The fourth-order valence-electron chi connectivity index (χ4n) is 3.70. The van der Waals surface area contributed by atoms with Crippen molar-refractivity contribution in [2.24, 2.45) is 4.99 Å². The van der Waals surface area contributed by atoms with Crippen molar-refractivity contribution < 1.29 is 5.11 Å². The van der Waals surface area contributed by atoms with Crippen LogP contribution in [0.2, 0.25) is 0 Å². The van der Waals surface area contributed by atoms with Gasteiger partial charge in [0.25, 0.3) is 0 Å². The number of H-pyrrole nitrogens is 1. The van der Waals surface area contributed by atoms with E-state index in [4.69, 9.17) is 0 Å². The minimum Gasteiger partial charge on any atom is -0.374 e. The Kier molecular flexibility index (Phi) is 6.96. The number of aliphatic hydroxyl groups is 1. The van der Waals surface area contributed by atoms with Crippen LogP contribution in [0.5, 0.6) is 0 Å². The third-order valence-corrected chi connectivity index (χ3v) is 5.04. The molecule has 0 radical (unpaired) electrons.